The number of aryl methyl sites for hydroxylation is 1. The van der Waals surface area contributed by atoms with Crippen LogP contribution in [0.4, 0.5) is 13.2 Å². The van der Waals surface area contributed by atoms with Gasteiger partial charge in [-0.2, -0.15) is 13.2 Å². The molecule has 2 rings (SSSR count). The molecule has 0 unspecified atom stereocenters. The molecular formula is C14H18BF3O3. The van der Waals surface area contributed by atoms with Gasteiger partial charge in [0.05, 0.1) is 16.8 Å². The third kappa shape index (κ3) is 2.76. The fourth-order valence-corrected chi connectivity index (χ4v) is 2.21. The summed E-state index contributed by atoms with van der Waals surface area (Å²) in [6.07, 6.45) is -4.50. The van der Waals surface area contributed by atoms with Gasteiger partial charge in [0.2, 0.25) is 0 Å². The van der Waals surface area contributed by atoms with E-state index in [1.54, 1.807) is 0 Å². The average molecular weight is 302 g/mol. The molecule has 1 heterocycles. The molecule has 116 valence electrons. The summed E-state index contributed by atoms with van der Waals surface area (Å²) in [7, 11) is -0.891. The highest BCUT2D eigenvalue weighted by Crippen LogP contribution is 2.38. The molecule has 0 aromatic heterocycles. The van der Waals surface area contributed by atoms with E-state index in [-0.39, 0.29) is 11.0 Å². The monoisotopic (exact) mass is 302 g/mol. The van der Waals surface area contributed by atoms with Crippen LogP contribution < -0.4 is 5.46 Å². The number of halogens is 3. The topological polar surface area (TPSA) is 38.7 Å². The molecule has 0 aliphatic carbocycles. The number of alkyl halides is 3. The maximum atomic E-state index is 12.7. The van der Waals surface area contributed by atoms with E-state index < -0.39 is 35.8 Å². The summed E-state index contributed by atoms with van der Waals surface area (Å²) < 4.78 is 49.7. The molecule has 1 aromatic carbocycles. The Morgan fingerprint density at radius 2 is 1.52 bits per heavy atom. The molecule has 1 N–H and O–H groups in total. The summed E-state index contributed by atoms with van der Waals surface area (Å²) in [4.78, 5) is 0. The highest BCUT2D eigenvalue weighted by Gasteiger charge is 2.53. The van der Waals surface area contributed by atoms with Crippen molar-refractivity contribution in [2.45, 2.75) is 52.0 Å². The van der Waals surface area contributed by atoms with E-state index in [0.29, 0.717) is 6.07 Å². The Kier molecular flexibility index (Phi) is 3.58. The summed E-state index contributed by atoms with van der Waals surface area (Å²) >= 11 is 0. The van der Waals surface area contributed by atoms with Crippen molar-refractivity contribution >= 4 is 12.6 Å². The molecular weight excluding hydrogens is 284 g/mol. The van der Waals surface area contributed by atoms with Crippen molar-refractivity contribution < 1.29 is 27.6 Å². The van der Waals surface area contributed by atoms with Gasteiger partial charge < -0.3 is 14.4 Å². The van der Waals surface area contributed by atoms with Crippen molar-refractivity contribution in [1.29, 1.82) is 0 Å². The van der Waals surface area contributed by atoms with E-state index in [9.17, 15) is 18.3 Å². The van der Waals surface area contributed by atoms with Crippen molar-refractivity contribution in [1.82, 2.24) is 0 Å². The van der Waals surface area contributed by atoms with Crippen LogP contribution in [0.1, 0.15) is 38.8 Å². The van der Waals surface area contributed by atoms with E-state index in [1.165, 1.54) is 6.92 Å². The van der Waals surface area contributed by atoms with E-state index in [2.05, 4.69) is 0 Å². The van der Waals surface area contributed by atoms with E-state index >= 15 is 0 Å². The number of benzene rings is 1. The normalized spacial score (nSPS) is 20.9. The molecule has 7 heteroatoms. The van der Waals surface area contributed by atoms with Crippen LogP contribution >= 0.6 is 0 Å². The van der Waals surface area contributed by atoms with E-state index in [1.807, 2.05) is 27.7 Å². The predicted octanol–water partition coefficient (Wildman–Crippen LogP) is 3.02. The predicted molar refractivity (Wildman–Crippen MR) is 73.6 cm³/mol. The maximum Gasteiger partial charge on any atom is 0.498 e. The number of hydrogen-bond donors (Lipinski definition) is 1. The van der Waals surface area contributed by atoms with Gasteiger partial charge in [-0.25, -0.2) is 0 Å². The standard InChI is InChI=1S/C14H18BF3O3/c1-8-6-9(14(16,17)18)7-10(19)11(8)15-20-12(2,3)13(4,5)21-15/h6-7,19H,1-5H3. The number of hydrogen-bond acceptors (Lipinski definition) is 3. The van der Waals surface area contributed by atoms with Gasteiger partial charge in [0, 0.05) is 5.46 Å². The highest BCUT2D eigenvalue weighted by molar-refractivity contribution is 6.63. The molecule has 1 saturated heterocycles. The first kappa shape index (κ1) is 16.2. The minimum atomic E-state index is -4.50. The summed E-state index contributed by atoms with van der Waals surface area (Å²) in [5.74, 6) is -0.471. The summed E-state index contributed by atoms with van der Waals surface area (Å²) in [6.45, 7) is 8.84. The summed E-state index contributed by atoms with van der Waals surface area (Å²) in [6, 6.07) is 1.69. The molecule has 1 aromatic rings. The van der Waals surface area contributed by atoms with Crippen molar-refractivity contribution in [3.8, 4) is 5.75 Å². The highest BCUT2D eigenvalue weighted by atomic mass is 19.4. The zero-order valence-corrected chi connectivity index (χ0v) is 12.6. The van der Waals surface area contributed by atoms with Gasteiger partial charge in [-0.1, -0.05) is 0 Å². The average Bonchev–Trinajstić information content (AvgIpc) is 2.45. The molecule has 21 heavy (non-hydrogen) atoms. The first-order chi connectivity index (χ1) is 9.35. The molecule has 1 fully saturated rings. The minimum Gasteiger partial charge on any atom is -0.508 e. The van der Waals surface area contributed by atoms with E-state index in [4.69, 9.17) is 9.31 Å². The Balaban J connectivity index is 2.44. The van der Waals surface area contributed by atoms with Crippen LogP contribution in [0.3, 0.4) is 0 Å². The smallest absolute Gasteiger partial charge is 0.498 e. The third-order valence-electron chi connectivity index (χ3n) is 4.18. The molecule has 0 bridgehead atoms. The number of rotatable bonds is 1. The molecule has 1 aliphatic heterocycles. The van der Waals surface area contributed by atoms with Gasteiger partial charge in [0.15, 0.2) is 0 Å². The molecule has 1 aliphatic rings. The largest absolute Gasteiger partial charge is 0.508 e. The fourth-order valence-electron chi connectivity index (χ4n) is 2.21. The SMILES string of the molecule is Cc1cc(C(F)(F)F)cc(O)c1B1OC(C)(C)C(C)(C)O1. The van der Waals surface area contributed by atoms with Crippen molar-refractivity contribution in [3.63, 3.8) is 0 Å². The zero-order chi connectivity index (χ0) is 16.2. The van der Waals surface area contributed by atoms with Gasteiger partial charge in [-0.15, -0.1) is 0 Å². The summed E-state index contributed by atoms with van der Waals surface area (Å²) in [5.41, 5.74) is -1.63. The lowest BCUT2D eigenvalue weighted by Gasteiger charge is -2.32. The molecule has 0 saturated carbocycles. The van der Waals surface area contributed by atoms with Crippen LogP contribution in [0.5, 0.6) is 5.75 Å². The lowest BCUT2D eigenvalue weighted by atomic mass is 9.75. The first-order valence-electron chi connectivity index (χ1n) is 6.61. The quantitative estimate of drug-likeness (QED) is 0.811. The van der Waals surface area contributed by atoms with Crippen LogP contribution in [-0.2, 0) is 15.5 Å². The fraction of sp³-hybridized carbons (Fsp3) is 0.571. The second-order valence-corrected chi connectivity index (χ2v) is 6.31. The van der Waals surface area contributed by atoms with Crippen LogP contribution in [0, 0.1) is 6.92 Å². The summed E-state index contributed by atoms with van der Waals surface area (Å²) in [5, 5.41) is 9.98. The van der Waals surface area contributed by atoms with Gasteiger partial charge in [-0.3, -0.25) is 0 Å². The Bertz CT molecular complexity index is 528. The lowest BCUT2D eigenvalue weighted by Crippen LogP contribution is -2.41. The Hall–Kier alpha value is -1.21. The van der Waals surface area contributed by atoms with Crippen LogP contribution in [0.25, 0.3) is 0 Å². The van der Waals surface area contributed by atoms with Gasteiger partial charge >= 0.3 is 13.3 Å². The maximum absolute atomic E-state index is 12.7. The van der Waals surface area contributed by atoms with Crippen molar-refractivity contribution in [2.24, 2.45) is 0 Å². The van der Waals surface area contributed by atoms with Gasteiger partial charge in [0.1, 0.15) is 5.75 Å². The first-order valence-corrected chi connectivity index (χ1v) is 6.61. The number of aromatic hydroxyl groups is 1. The van der Waals surface area contributed by atoms with E-state index in [0.717, 1.165) is 6.07 Å². The molecule has 0 atom stereocenters. The van der Waals surface area contributed by atoms with Gasteiger partial charge in [-0.05, 0) is 52.3 Å². The molecule has 0 radical (unpaired) electrons. The number of phenolic OH excluding ortho intramolecular Hbond substituents is 1. The lowest BCUT2D eigenvalue weighted by molar-refractivity contribution is -0.137. The van der Waals surface area contributed by atoms with Crippen LogP contribution in [0.2, 0.25) is 0 Å². The molecule has 3 nitrogen and oxygen atoms in total. The second-order valence-electron chi connectivity index (χ2n) is 6.31. The van der Waals surface area contributed by atoms with Crippen LogP contribution in [-0.4, -0.2) is 23.4 Å². The Labute approximate surface area is 122 Å². The third-order valence-corrected chi connectivity index (χ3v) is 4.18. The second kappa shape index (κ2) is 4.65. The van der Waals surface area contributed by atoms with Crippen molar-refractivity contribution in [3.05, 3.63) is 23.3 Å². The Morgan fingerprint density at radius 1 is 1.05 bits per heavy atom. The minimum absolute atomic E-state index is 0.238. The zero-order valence-electron chi connectivity index (χ0n) is 12.6. The number of phenols is 1. The van der Waals surface area contributed by atoms with Crippen LogP contribution in [0.15, 0.2) is 12.1 Å². The Morgan fingerprint density at radius 3 is 1.90 bits per heavy atom. The molecule has 0 amide bonds. The molecule has 0 spiro atoms. The van der Waals surface area contributed by atoms with Gasteiger partial charge in [0.25, 0.3) is 0 Å². The van der Waals surface area contributed by atoms with Crippen molar-refractivity contribution in [2.75, 3.05) is 0 Å².